The molecule has 0 radical (unpaired) electrons. The molecule has 0 aliphatic rings. The molecular formula is C17H14F3N3O2. The van der Waals surface area contributed by atoms with Crippen molar-refractivity contribution < 1.29 is 23.0 Å². The van der Waals surface area contributed by atoms with Crippen molar-refractivity contribution in [3.8, 4) is 22.7 Å². The Bertz CT molecular complexity index is 874. The zero-order valence-electron chi connectivity index (χ0n) is 13.2. The summed E-state index contributed by atoms with van der Waals surface area (Å²) in [5, 5.41) is 17.3. The van der Waals surface area contributed by atoms with E-state index >= 15 is 0 Å². The average molecular weight is 349 g/mol. The minimum absolute atomic E-state index is 0.202. The highest BCUT2D eigenvalue weighted by Crippen LogP contribution is 2.32. The third-order valence-electron chi connectivity index (χ3n) is 3.67. The molecule has 130 valence electrons. The molecule has 0 aliphatic heterocycles. The molecule has 0 fully saturated rings. The lowest BCUT2D eigenvalue weighted by Crippen LogP contribution is -2.07. The average Bonchev–Trinajstić information content (AvgIpc) is 3.05. The topological polar surface area (TPSA) is 60.2 Å². The van der Waals surface area contributed by atoms with Gasteiger partial charge in [-0.25, -0.2) is 4.68 Å². The molecule has 0 saturated heterocycles. The highest BCUT2D eigenvalue weighted by molar-refractivity contribution is 5.65. The van der Waals surface area contributed by atoms with Gasteiger partial charge in [-0.15, -0.1) is 5.10 Å². The summed E-state index contributed by atoms with van der Waals surface area (Å²) in [6, 6.07) is 11.6. The Balaban J connectivity index is 2.13. The van der Waals surface area contributed by atoms with Crippen LogP contribution in [-0.4, -0.2) is 27.2 Å². The van der Waals surface area contributed by atoms with E-state index < -0.39 is 11.7 Å². The zero-order chi connectivity index (χ0) is 18.0. The molecule has 25 heavy (non-hydrogen) atoms. The van der Waals surface area contributed by atoms with E-state index in [4.69, 9.17) is 4.74 Å². The number of halogens is 3. The summed E-state index contributed by atoms with van der Waals surface area (Å²) < 4.78 is 45.3. The van der Waals surface area contributed by atoms with Crippen LogP contribution in [0, 0.1) is 0 Å². The lowest BCUT2D eigenvalue weighted by atomic mass is 10.1. The fourth-order valence-corrected chi connectivity index (χ4v) is 2.45. The van der Waals surface area contributed by atoms with E-state index in [1.807, 2.05) is 0 Å². The number of methoxy groups -OCH3 is 1. The van der Waals surface area contributed by atoms with Gasteiger partial charge in [-0.1, -0.05) is 11.3 Å². The number of alkyl halides is 3. The predicted octanol–water partition coefficient (Wildman–Crippen LogP) is 3.45. The van der Waals surface area contributed by atoms with Gasteiger partial charge in [0.05, 0.1) is 25.0 Å². The first-order valence-corrected chi connectivity index (χ1v) is 7.31. The molecule has 0 amide bonds. The van der Waals surface area contributed by atoms with Gasteiger partial charge >= 0.3 is 6.18 Å². The number of aliphatic hydroxyl groups is 1. The Kier molecular flexibility index (Phi) is 4.45. The highest BCUT2D eigenvalue weighted by atomic mass is 19.4. The number of rotatable bonds is 4. The van der Waals surface area contributed by atoms with Crippen LogP contribution in [0.5, 0.6) is 5.75 Å². The number of aliphatic hydroxyl groups excluding tert-OH is 1. The minimum atomic E-state index is -4.46. The standard InChI is InChI=1S/C17H14F3N3O2/c1-25-14-7-5-11(6-8-14)16-15(10-24)21-22-23(16)13-4-2-3-12(9-13)17(18,19)20/h2-9,24H,10H2,1H3. The van der Waals surface area contributed by atoms with Crippen molar-refractivity contribution in [1.82, 2.24) is 15.0 Å². The van der Waals surface area contributed by atoms with Crippen molar-refractivity contribution in [2.75, 3.05) is 7.11 Å². The molecule has 3 aromatic rings. The SMILES string of the molecule is COc1ccc(-c2c(CO)nnn2-c2cccc(C(F)(F)F)c2)cc1. The van der Waals surface area contributed by atoms with Crippen molar-refractivity contribution in [3.63, 3.8) is 0 Å². The van der Waals surface area contributed by atoms with Crippen LogP contribution in [0.25, 0.3) is 16.9 Å². The quantitative estimate of drug-likeness (QED) is 0.784. The second-order valence-electron chi connectivity index (χ2n) is 5.23. The Morgan fingerprint density at radius 3 is 2.44 bits per heavy atom. The normalized spacial score (nSPS) is 11.6. The van der Waals surface area contributed by atoms with Crippen LogP contribution in [0.1, 0.15) is 11.3 Å². The van der Waals surface area contributed by atoms with Gasteiger partial charge in [-0.3, -0.25) is 0 Å². The first-order valence-electron chi connectivity index (χ1n) is 7.31. The summed E-state index contributed by atoms with van der Waals surface area (Å²) in [4.78, 5) is 0. The fourth-order valence-electron chi connectivity index (χ4n) is 2.45. The molecule has 2 aromatic carbocycles. The Labute approximate surface area is 141 Å². The number of benzene rings is 2. The van der Waals surface area contributed by atoms with Crippen LogP contribution in [0.4, 0.5) is 13.2 Å². The molecule has 5 nitrogen and oxygen atoms in total. The second kappa shape index (κ2) is 6.56. The third-order valence-corrected chi connectivity index (χ3v) is 3.67. The summed E-state index contributed by atoms with van der Waals surface area (Å²) >= 11 is 0. The Morgan fingerprint density at radius 1 is 1.12 bits per heavy atom. The lowest BCUT2D eigenvalue weighted by Gasteiger charge is -2.11. The van der Waals surface area contributed by atoms with E-state index in [9.17, 15) is 18.3 Å². The molecule has 0 bridgehead atoms. The molecular weight excluding hydrogens is 335 g/mol. The van der Waals surface area contributed by atoms with E-state index in [2.05, 4.69) is 10.3 Å². The molecule has 0 aliphatic carbocycles. The smallest absolute Gasteiger partial charge is 0.416 e. The first-order chi connectivity index (χ1) is 11.9. The second-order valence-corrected chi connectivity index (χ2v) is 5.23. The van der Waals surface area contributed by atoms with Gasteiger partial charge in [0.2, 0.25) is 0 Å². The molecule has 8 heteroatoms. The number of ether oxygens (including phenoxy) is 1. The van der Waals surface area contributed by atoms with E-state index in [0.717, 1.165) is 12.1 Å². The summed E-state index contributed by atoms with van der Waals surface area (Å²) in [7, 11) is 1.53. The zero-order valence-corrected chi connectivity index (χ0v) is 13.2. The van der Waals surface area contributed by atoms with Crippen LogP contribution in [0.3, 0.4) is 0 Å². The molecule has 0 saturated carbocycles. The summed E-state index contributed by atoms with van der Waals surface area (Å²) in [5.74, 6) is 0.632. The van der Waals surface area contributed by atoms with Gasteiger partial charge in [-0.2, -0.15) is 13.2 Å². The number of hydrogen-bond donors (Lipinski definition) is 1. The Morgan fingerprint density at radius 2 is 1.84 bits per heavy atom. The largest absolute Gasteiger partial charge is 0.497 e. The molecule has 3 rings (SSSR count). The molecule has 1 aromatic heterocycles. The van der Waals surface area contributed by atoms with Gasteiger partial charge in [0.25, 0.3) is 0 Å². The maximum atomic E-state index is 13.0. The predicted molar refractivity (Wildman–Crippen MR) is 84.3 cm³/mol. The van der Waals surface area contributed by atoms with Gasteiger partial charge in [0.1, 0.15) is 17.1 Å². The molecule has 1 heterocycles. The maximum Gasteiger partial charge on any atom is 0.416 e. The van der Waals surface area contributed by atoms with Crippen molar-refractivity contribution in [3.05, 3.63) is 59.8 Å². The van der Waals surface area contributed by atoms with Crippen molar-refractivity contribution in [2.24, 2.45) is 0 Å². The van der Waals surface area contributed by atoms with Gasteiger partial charge in [-0.05, 0) is 42.5 Å². The summed E-state index contributed by atoms with van der Waals surface area (Å²) in [6.07, 6.45) is -4.46. The molecule has 1 N–H and O–H groups in total. The maximum absolute atomic E-state index is 13.0. The van der Waals surface area contributed by atoms with Crippen LogP contribution >= 0.6 is 0 Å². The summed E-state index contributed by atoms with van der Waals surface area (Å²) in [5.41, 5.74) is 0.749. The van der Waals surface area contributed by atoms with Crippen LogP contribution in [0.15, 0.2) is 48.5 Å². The highest BCUT2D eigenvalue weighted by Gasteiger charge is 2.31. The van der Waals surface area contributed by atoms with Crippen LogP contribution in [0.2, 0.25) is 0 Å². The monoisotopic (exact) mass is 349 g/mol. The minimum Gasteiger partial charge on any atom is -0.497 e. The van der Waals surface area contributed by atoms with Gasteiger partial charge in [0.15, 0.2) is 0 Å². The van der Waals surface area contributed by atoms with Crippen molar-refractivity contribution >= 4 is 0 Å². The van der Waals surface area contributed by atoms with Gasteiger partial charge in [0, 0.05) is 5.56 Å². The molecule has 0 atom stereocenters. The van der Waals surface area contributed by atoms with E-state index in [1.54, 1.807) is 24.3 Å². The van der Waals surface area contributed by atoms with E-state index in [-0.39, 0.29) is 18.0 Å². The molecule has 0 spiro atoms. The van der Waals surface area contributed by atoms with Crippen LogP contribution in [-0.2, 0) is 12.8 Å². The molecule has 0 unspecified atom stereocenters. The van der Waals surface area contributed by atoms with E-state index in [0.29, 0.717) is 17.0 Å². The number of nitrogens with zero attached hydrogens (tertiary/aromatic N) is 3. The van der Waals surface area contributed by atoms with Gasteiger partial charge < -0.3 is 9.84 Å². The van der Waals surface area contributed by atoms with Crippen molar-refractivity contribution in [2.45, 2.75) is 12.8 Å². The number of aromatic nitrogens is 3. The first kappa shape index (κ1) is 17.0. The van der Waals surface area contributed by atoms with Crippen LogP contribution < -0.4 is 4.74 Å². The fraction of sp³-hybridized carbons (Fsp3) is 0.176. The summed E-state index contributed by atoms with van der Waals surface area (Å²) in [6.45, 7) is -0.389. The third kappa shape index (κ3) is 3.34. The van der Waals surface area contributed by atoms with Crippen molar-refractivity contribution in [1.29, 1.82) is 0 Å². The lowest BCUT2D eigenvalue weighted by molar-refractivity contribution is -0.137. The van der Waals surface area contributed by atoms with E-state index in [1.165, 1.54) is 23.9 Å². The number of hydrogen-bond acceptors (Lipinski definition) is 4. The Hall–Kier alpha value is -2.87.